The van der Waals surface area contributed by atoms with Crippen LogP contribution in [0.3, 0.4) is 0 Å². The summed E-state index contributed by atoms with van der Waals surface area (Å²) in [6.07, 6.45) is 11.1. The van der Waals surface area contributed by atoms with Gasteiger partial charge in [0.25, 0.3) is 0 Å². The number of hydrogen-bond donors (Lipinski definition) is 2. The van der Waals surface area contributed by atoms with Crippen molar-refractivity contribution in [2.45, 2.75) is 70.4 Å². The van der Waals surface area contributed by atoms with Gasteiger partial charge < -0.3 is 16.0 Å². The molecule has 1 aliphatic carbocycles. The molecule has 0 aromatic carbocycles. The molecule has 2 unspecified atom stereocenters. The Bertz CT molecular complexity index is 572. The fraction of sp³-hybridized carbons (Fsp3) is 0.700. The maximum atomic E-state index is 12.5. The Labute approximate surface area is 175 Å². The van der Waals surface area contributed by atoms with Gasteiger partial charge in [-0.2, -0.15) is 0 Å². The van der Waals surface area contributed by atoms with Crippen molar-refractivity contribution in [1.82, 2.24) is 10.3 Å². The molecule has 2 atom stereocenters. The minimum atomic E-state index is -0.378. The molecular weight excluding hydrogens is 383 g/mol. The Balaban J connectivity index is 0.00000182. The van der Waals surface area contributed by atoms with Crippen molar-refractivity contribution in [1.29, 1.82) is 0 Å². The zero-order valence-electron chi connectivity index (χ0n) is 16.3. The van der Waals surface area contributed by atoms with Crippen LogP contribution >= 0.6 is 24.8 Å². The van der Waals surface area contributed by atoms with Crippen LogP contribution in [0.1, 0.15) is 63.9 Å². The number of rotatable bonds is 4. The third-order valence-electron chi connectivity index (χ3n) is 5.78. The van der Waals surface area contributed by atoms with E-state index in [0.29, 0.717) is 6.54 Å². The van der Waals surface area contributed by atoms with E-state index in [1.807, 2.05) is 13.1 Å². The van der Waals surface area contributed by atoms with Crippen LogP contribution in [0, 0.1) is 5.92 Å². The summed E-state index contributed by atoms with van der Waals surface area (Å²) in [5.74, 6) is 1.06. The quantitative estimate of drug-likeness (QED) is 0.781. The van der Waals surface area contributed by atoms with E-state index >= 15 is 0 Å². The summed E-state index contributed by atoms with van der Waals surface area (Å²) in [5, 5.41) is 3.06. The number of anilines is 1. The highest BCUT2D eigenvalue weighted by molar-refractivity contribution is 5.85. The first-order valence-corrected chi connectivity index (χ1v) is 9.83. The Morgan fingerprint density at radius 1 is 1.19 bits per heavy atom. The topological polar surface area (TPSA) is 71.2 Å². The third-order valence-corrected chi connectivity index (χ3v) is 5.78. The number of pyridine rings is 1. The molecule has 0 radical (unpaired) electrons. The van der Waals surface area contributed by atoms with Crippen molar-refractivity contribution in [3.05, 3.63) is 23.9 Å². The summed E-state index contributed by atoms with van der Waals surface area (Å²) in [6.45, 7) is 4.73. The second kappa shape index (κ2) is 11.1. The second-order valence-electron chi connectivity index (χ2n) is 7.95. The summed E-state index contributed by atoms with van der Waals surface area (Å²) in [6, 6.07) is 4.16. The van der Waals surface area contributed by atoms with Crippen LogP contribution in [0.4, 0.5) is 5.82 Å². The number of halogens is 2. The van der Waals surface area contributed by atoms with E-state index in [2.05, 4.69) is 27.3 Å². The number of carbonyl (C=O) groups is 1. The van der Waals surface area contributed by atoms with Gasteiger partial charge in [-0.25, -0.2) is 4.98 Å². The van der Waals surface area contributed by atoms with Crippen LogP contribution in [-0.2, 0) is 11.3 Å². The first-order valence-electron chi connectivity index (χ1n) is 9.83. The molecule has 3 rings (SSSR count). The van der Waals surface area contributed by atoms with E-state index in [9.17, 15) is 4.79 Å². The van der Waals surface area contributed by atoms with E-state index < -0.39 is 0 Å². The van der Waals surface area contributed by atoms with E-state index in [1.54, 1.807) is 0 Å². The number of nitrogens with zero attached hydrogens (tertiary/aromatic N) is 2. The molecule has 27 heavy (non-hydrogen) atoms. The number of carbonyl (C=O) groups excluding carboxylic acids is 1. The molecule has 2 fully saturated rings. The van der Waals surface area contributed by atoms with Crippen LogP contribution in [0.2, 0.25) is 0 Å². The lowest BCUT2D eigenvalue weighted by Gasteiger charge is -2.37. The van der Waals surface area contributed by atoms with Crippen LogP contribution in [0.5, 0.6) is 0 Å². The molecule has 3 N–H and O–H groups in total. The summed E-state index contributed by atoms with van der Waals surface area (Å²) in [4.78, 5) is 19.5. The maximum absolute atomic E-state index is 12.5. The van der Waals surface area contributed by atoms with Crippen molar-refractivity contribution < 1.29 is 4.79 Å². The summed E-state index contributed by atoms with van der Waals surface area (Å²) in [5.41, 5.74) is 6.99. The molecule has 1 amide bonds. The summed E-state index contributed by atoms with van der Waals surface area (Å²) < 4.78 is 0. The molecular formula is C20H34Cl2N4O. The van der Waals surface area contributed by atoms with E-state index in [-0.39, 0.29) is 42.2 Å². The van der Waals surface area contributed by atoms with Gasteiger partial charge in [0, 0.05) is 31.4 Å². The van der Waals surface area contributed by atoms with Crippen molar-refractivity contribution in [2.24, 2.45) is 11.7 Å². The lowest BCUT2D eigenvalue weighted by molar-refractivity contribution is -0.128. The van der Waals surface area contributed by atoms with Gasteiger partial charge in [-0.1, -0.05) is 31.7 Å². The lowest BCUT2D eigenvalue weighted by atomic mass is 9.74. The maximum Gasteiger partial charge on any atom is 0.225 e. The molecule has 1 saturated heterocycles. The monoisotopic (exact) mass is 416 g/mol. The van der Waals surface area contributed by atoms with Crippen molar-refractivity contribution in [3.8, 4) is 0 Å². The largest absolute Gasteiger partial charge is 0.357 e. The standard InChI is InChI=1S/C20H32N4O.2ClH/c1-20(21)11-5-4-8-17(20)19(25)23-15-16-9-10-18(22-14-16)24-12-6-2-3-7-13-24;;/h9-10,14,17H,2-8,11-13,15,21H2,1H3,(H,23,25);2*1H. The van der Waals surface area contributed by atoms with Gasteiger partial charge in [0.2, 0.25) is 5.91 Å². The van der Waals surface area contributed by atoms with E-state index in [0.717, 1.165) is 50.2 Å². The zero-order chi connectivity index (χ0) is 17.7. The third kappa shape index (κ3) is 6.51. The van der Waals surface area contributed by atoms with Gasteiger partial charge >= 0.3 is 0 Å². The van der Waals surface area contributed by atoms with Crippen molar-refractivity contribution in [2.75, 3.05) is 18.0 Å². The number of amides is 1. The van der Waals surface area contributed by atoms with Gasteiger partial charge in [-0.15, -0.1) is 24.8 Å². The molecule has 7 heteroatoms. The number of nitrogens with two attached hydrogens (primary N) is 1. The fourth-order valence-corrected chi connectivity index (χ4v) is 4.11. The Morgan fingerprint density at radius 2 is 1.89 bits per heavy atom. The fourth-order valence-electron chi connectivity index (χ4n) is 4.11. The van der Waals surface area contributed by atoms with Crippen LogP contribution in [0.15, 0.2) is 18.3 Å². The van der Waals surface area contributed by atoms with Gasteiger partial charge in [0.15, 0.2) is 0 Å². The number of nitrogens with one attached hydrogen (secondary N) is 1. The molecule has 1 saturated carbocycles. The zero-order valence-corrected chi connectivity index (χ0v) is 17.9. The molecule has 1 aromatic rings. The average Bonchev–Trinajstić information content (AvgIpc) is 2.89. The van der Waals surface area contributed by atoms with Crippen LogP contribution in [-0.4, -0.2) is 29.5 Å². The average molecular weight is 417 g/mol. The smallest absolute Gasteiger partial charge is 0.225 e. The molecule has 1 aliphatic heterocycles. The second-order valence-corrected chi connectivity index (χ2v) is 7.95. The van der Waals surface area contributed by atoms with E-state index in [1.165, 1.54) is 25.7 Å². The van der Waals surface area contributed by atoms with Crippen molar-refractivity contribution >= 4 is 36.5 Å². The Morgan fingerprint density at radius 3 is 2.48 bits per heavy atom. The molecule has 2 aliphatic rings. The predicted octanol–water partition coefficient (Wildman–Crippen LogP) is 3.83. The van der Waals surface area contributed by atoms with Gasteiger partial charge in [-0.3, -0.25) is 4.79 Å². The molecule has 0 spiro atoms. The van der Waals surface area contributed by atoms with Gasteiger partial charge in [0.1, 0.15) is 5.82 Å². The Kier molecular flexibility index (Phi) is 9.85. The van der Waals surface area contributed by atoms with Crippen LogP contribution in [0.25, 0.3) is 0 Å². The molecule has 154 valence electrons. The first-order chi connectivity index (χ1) is 12.1. The lowest BCUT2D eigenvalue weighted by Crippen LogP contribution is -2.52. The predicted molar refractivity (Wildman–Crippen MR) is 116 cm³/mol. The highest BCUT2D eigenvalue weighted by Crippen LogP contribution is 2.31. The minimum absolute atomic E-state index is 0. The number of aromatic nitrogens is 1. The minimum Gasteiger partial charge on any atom is -0.357 e. The van der Waals surface area contributed by atoms with Crippen molar-refractivity contribution in [3.63, 3.8) is 0 Å². The molecule has 2 heterocycles. The molecule has 1 aromatic heterocycles. The normalized spacial score (nSPS) is 25.6. The van der Waals surface area contributed by atoms with Gasteiger partial charge in [-0.05, 0) is 44.2 Å². The number of hydrogen-bond acceptors (Lipinski definition) is 4. The highest BCUT2D eigenvalue weighted by Gasteiger charge is 2.37. The first kappa shape index (κ1) is 24.0. The molecule has 5 nitrogen and oxygen atoms in total. The SMILES string of the molecule is CC1(N)CCCCC1C(=O)NCc1ccc(N2CCCCCC2)nc1.Cl.Cl. The van der Waals surface area contributed by atoms with E-state index in [4.69, 9.17) is 5.73 Å². The molecule has 0 bridgehead atoms. The Hall–Kier alpha value is -1.04. The van der Waals surface area contributed by atoms with Crippen LogP contribution < -0.4 is 16.0 Å². The highest BCUT2D eigenvalue weighted by atomic mass is 35.5. The summed E-state index contributed by atoms with van der Waals surface area (Å²) in [7, 11) is 0. The summed E-state index contributed by atoms with van der Waals surface area (Å²) >= 11 is 0. The van der Waals surface area contributed by atoms with Gasteiger partial charge in [0.05, 0.1) is 5.92 Å².